The van der Waals surface area contributed by atoms with Crippen LogP contribution in [0.4, 0.5) is 17.1 Å². The number of fused-ring (bicyclic) bond motifs is 3. The van der Waals surface area contributed by atoms with Crippen LogP contribution in [-0.4, -0.2) is 0 Å². The van der Waals surface area contributed by atoms with Crippen LogP contribution in [0.2, 0.25) is 0 Å². The molecule has 0 amide bonds. The largest absolute Gasteiger partial charge is 0.456 e. The molecule has 0 aliphatic heterocycles. The molecule has 0 fully saturated rings. The summed E-state index contributed by atoms with van der Waals surface area (Å²) >= 11 is 0. The molecule has 0 aliphatic carbocycles. The van der Waals surface area contributed by atoms with Gasteiger partial charge in [0.15, 0.2) is 0 Å². The highest BCUT2D eigenvalue weighted by Crippen LogP contribution is 2.44. The van der Waals surface area contributed by atoms with Gasteiger partial charge in [0, 0.05) is 33.9 Å². The van der Waals surface area contributed by atoms with Crippen molar-refractivity contribution in [2.45, 2.75) is 0 Å². The van der Waals surface area contributed by atoms with E-state index in [0.717, 1.165) is 44.6 Å². The van der Waals surface area contributed by atoms with E-state index in [1.807, 2.05) is 12.1 Å². The molecular formula is C54H37NO. The Morgan fingerprint density at radius 3 is 1.27 bits per heavy atom. The number of anilines is 3. The monoisotopic (exact) mass is 715 g/mol. The Balaban J connectivity index is 1.12. The lowest BCUT2D eigenvalue weighted by Gasteiger charge is -2.27. The second-order valence-corrected chi connectivity index (χ2v) is 14.1. The molecule has 10 aromatic rings. The van der Waals surface area contributed by atoms with Gasteiger partial charge in [-0.1, -0.05) is 176 Å². The van der Waals surface area contributed by atoms with Crippen LogP contribution in [0.25, 0.3) is 77.6 Å². The molecule has 10 rings (SSSR count). The average molecular weight is 716 g/mol. The molecule has 56 heavy (non-hydrogen) atoms. The van der Waals surface area contributed by atoms with Crippen LogP contribution < -0.4 is 4.90 Å². The van der Waals surface area contributed by atoms with Crippen molar-refractivity contribution >= 4 is 39.0 Å². The third kappa shape index (κ3) is 6.14. The maximum atomic E-state index is 6.43. The van der Waals surface area contributed by atoms with Crippen LogP contribution in [0, 0.1) is 0 Å². The molecular weight excluding hydrogens is 679 g/mol. The Morgan fingerprint density at radius 2 is 0.661 bits per heavy atom. The van der Waals surface area contributed by atoms with Crippen molar-refractivity contribution in [3.8, 4) is 55.6 Å². The summed E-state index contributed by atoms with van der Waals surface area (Å²) in [5, 5.41) is 2.23. The highest BCUT2D eigenvalue weighted by Gasteiger charge is 2.19. The van der Waals surface area contributed by atoms with Crippen molar-refractivity contribution in [1.29, 1.82) is 0 Å². The number of furan rings is 1. The quantitative estimate of drug-likeness (QED) is 0.156. The number of nitrogens with zero attached hydrogens (tertiary/aromatic N) is 1. The lowest BCUT2D eigenvalue weighted by Crippen LogP contribution is -2.10. The Bertz CT molecular complexity index is 2950. The molecule has 9 aromatic carbocycles. The van der Waals surface area contributed by atoms with Gasteiger partial charge in [-0.3, -0.25) is 0 Å². The van der Waals surface area contributed by atoms with Crippen molar-refractivity contribution in [3.05, 3.63) is 224 Å². The summed E-state index contributed by atoms with van der Waals surface area (Å²) in [6.07, 6.45) is 0. The van der Waals surface area contributed by atoms with Gasteiger partial charge in [0.05, 0.1) is 0 Å². The zero-order valence-electron chi connectivity index (χ0n) is 30.7. The first-order chi connectivity index (χ1) is 27.8. The van der Waals surface area contributed by atoms with E-state index in [4.69, 9.17) is 4.42 Å². The van der Waals surface area contributed by atoms with Gasteiger partial charge in [-0.05, 0) is 98.1 Å². The normalized spacial score (nSPS) is 11.2. The molecule has 0 bridgehead atoms. The average Bonchev–Trinajstić information content (AvgIpc) is 3.66. The van der Waals surface area contributed by atoms with Crippen molar-refractivity contribution in [1.82, 2.24) is 0 Å². The highest BCUT2D eigenvalue weighted by atomic mass is 16.3. The zero-order chi connectivity index (χ0) is 37.3. The van der Waals surface area contributed by atoms with E-state index in [1.54, 1.807) is 0 Å². The second-order valence-electron chi connectivity index (χ2n) is 14.1. The third-order valence-electron chi connectivity index (χ3n) is 10.7. The highest BCUT2D eigenvalue weighted by molar-refractivity contribution is 6.06. The summed E-state index contributed by atoms with van der Waals surface area (Å²) in [6.45, 7) is 0. The van der Waals surface area contributed by atoms with Crippen molar-refractivity contribution in [3.63, 3.8) is 0 Å². The first-order valence-corrected chi connectivity index (χ1v) is 19.1. The predicted molar refractivity (Wildman–Crippen MR) is 236 cm³/mol. The van der Waals surface area contributed by atoms with E-state index >= 15 is 0 Å². The lowest BCUT2D eigenvalue weighted by atomic mass is 9.89. The summed E-state index contributed by atoms with van der Waals surface area (Å²) in [7, 11) is 0. The van der Waals surface area contributed by atoms with Crippen molar-refractivity contribution in [2.75, 3.05) is 4.90 Å². The molecule has 0 aliphatic rings. The fourth-order valence-electron chi connectivity index (χ4n) is 8.05. The van der Waals surface area contributed by atoms with E-state index < -0.39 is 0 Å². The molecule has 0 unspecified atom stereocenters. The summed E-state index contributed by atoms with van der Waals surface area (Å²) in [5.41, 5.74) is 16.8. The van der Waals surface area contributed by atoms with Gasteiger partial charge in [-0.15, -0.1) is 0 Å². The molecule has 0 N–H and O–H groups in total. The van der Waals surface area contributed by atoms with Crippen LogP contribution in [0.15, 0.2) is 229 Å². The molecule has 0 radical (unpaired) electrons. The Morgan fingerprint density at radius 1 is 0.250 bits per heavy atom. The first-order valence-electron chi connectivity index (χ1n) is 19.1. The predicted octanol–water partition coefficient (Wildman–Crippen LogP) is 15.4. The minimum atomic E-state index is 0.862. The van der Waals surface area contributed by atoms with Crippen molar-refractivity contribution in [2.24, 2.45) is 0 Å². The summed E-state index contributed by atoms with van der Waals surface area (Å²) in [6, 6.07) is 80.0. The molecule has 2 nitrogen and oxygen atoms in total. The second kappa shape index (κ2) is 14.4. The Kier molecular flexibility index (Phi) is 8.55. The van der Waals surface area contributed by atoms with E-state index in [0.29, 0.717) is 0 Å². The van der Waals surface area contributed by atoms with Crippen LogP contribution in [-0.2, 0) is 0 Å². The van der Waals surface area contributed by atoms with E-state index in [9.17, 15) is 0 Å². The van der Waals surface area contributed by atoms with Gasteiger partial charge >= 0.3 is 0 Å². The topological polar surface area (TPSA) is 16.4 Å². The minimum absolute atomic E-state index is 0.862. The van der Waals surface area contributed by atoms with Gasteiger partial charge in [0.2, 0.25) is 0 Å². The fraction of sp³-hybridized carbons (Fsp3) is 0. The van der Waals surface area contributed by atoms with Gasteiger partial charge in [-0.2, -0.15) is 0 Å². The molecule has 1 aromatic heterocycles. The number of hydrogen-bond acceptors (Lipinski definition) is 2. The summed E-state index contributed by atoms with van der Waals surface area (Å²) < 4.78 is 6.43. The number of hydrogen-bond donors (Lipinski definition) is 0. The molecule has 0 spiro atoms. The van der Waals surface area contributed by atoms with Gasteiger partial charge < -0.3 is 9.32 Å². The Hall–Kier alpha value is -7.42. The third-order valence-corrected chi connectivity index (χ3v) is 10.7. The Labute approximate surface area is 327 Å². The first kappa shape index (κ1) is 33.2. The summed E-state index contributed by atoms with van der Waals surface area (Å²) in [5.74, 6) is 0. The summed E-state index contributed by atoms with van der Waals surface area (Å²) in [4.78, 5) is 2.34. The zero-order valence-corrected chi connectivity index (χ0v) is 30.7. The van der Waals surface area contributed by atoms with Crippen LogP contribution >= 0.6 is 0 Å². The van der Waals surface area contributed by atoms with Crippen LogP contribution in [0.1, 0.15) is 0 Å². The van der Waals surface area contributed by atoms with Crippen LogP contribution in [0.3, 0.4) is 0 Å². The minimum Gasteiger partial charge on any atom is -0.456 e. The van der Waals surface area contributed by atoms with E-state index in [-0.39, 0.29) is 0 Å². The maximum absolute atomic E-state index is 6.43. The molecule has 0 saturated heterocycles. The van der Waals surface area contributed by atoms with Crippen LogP contribution in [0.5, 0.6) is 0 Å². The number of para-hydroxylation sites is 1. The van der Waals surface area contributed by atoms with E-state index in [2.05, 4.69) is 217 Å². The van der Waals surface area contributed by atoms with Gasteiger partial charge in [0.1, 0.15) is 11.2 Å². The molecule has 2 heteroatoms. The lowest BCUT2D eigenvalue weighted by molar-refractivity contribution is 0.669. The van der Waals surface area contributed by atoms with Gasteiger partial charge in [-0.25, -0.2) is 0 Å². The number of rotatable bonds is 8. The molecule has 1 heterocycles. The van der Waals surface area contributed by atoms with Crippen molar-refractivity contribution < 1.29 is 4.42 Å². The fourth-order valence-corrected chi connectivity index (χ4v) is 8.05. The SMILES string of the molecule is c1ccc(-c2ccc(N(c3ccc(-c4ccccc4-c4ccccc4-c4ccccc4)cc3)c3ccc4c(c3)oc3ccccc34)cc2-c2ccccc2)cc1. The standard InChI is InChI=1S/C54H37NO/c1-4-16-38(17-5-1)45-22-10-12-24-48(45)49-25-13-11-23-46(49)41-28-30-42(31-29-41)55(44-33-35-51-50-26-14-15-27-53(50)56-54(51)37-44)43-32-34-47(39-18-6-2-7-19-39)52(36-43)40-20-8-3-9-21-40/h1-37H. The number of benzene rings is 9. The molecule has 0 saturated carbocycles. The van der Waals surface area contributed by atoms with Gasteiger partial charge in [0.25, 0.3) is 0 Å². The maximum Gasteiger partial charge on any atom is 0.137 e. The van der Waals surface area contributed by atoms with E-state index in [1.165, 1.54) is 50.1 Å². The molecule has 0 atom stereocenters. The smallest absolute Gasteiger partial charge is 0.137 e. The molecule has 264 valence electrons.